The molecule has 0 atom stereocenters. The molecule has 0 aliphatic rings. The van der Waals surface area contributed by atoms with E-state index >= 15 is 0 Å². The van der Waals surface area contributed by atoms with Gasteiger partial charge in [-0.3, -0.25) is 9.48 Å². The van der Waals surface area contributed by atoms with Crippen LogP contribution in [0.5, 0.6) is 0 Å². The van der Waals surface area contributed by atoms with E-state index in [1.54, 1.807) is 29.0 Å². The average Bonchev–Trinajstić information content (AvgIpc) is 3.06. The number of benzene rings is 1. The van der Waals surface area contributed by atoms with Gasteiger partial charge in [0.1, 0.15) is 0 Å². The molecule has 1 N–H and O–H groups in total. The molecule has 0 radical (unpaired) electrons. The summed E-state index contributed by atoms with van der Waals surface area (Å²) in [7, 11) is 3.65. The van der Waals surface area contributed by atoms with Crippen molar-refractivity contribution < 1.29 is 4.79 Å². The summed E-state index contributed by atoms with van der Waals surface area (Å²) in [5, 5.41) is 7.22. The molecule has 0 fully saturated rings. The van der Waals surface area contributed by atoms with Gasteiger partial charge in [-0.05, 0) is 24.1 Å². The lowest BCUT2D eigenvalue weighted by molar-refractivity contribution is 0.0796. The Kier molecular flexibility index (Phi) is 5.03. The second-order valence-corrected chi connectivity index (χ2v) is 5.79. The van der Waals surface area contributed by atoms with Crippen molar-refractivity contribution in [2.75, 3.05) is 18.9 Å². The molecular formula is C18H20N6O. The molecule has 0 aliphatic carbocycles. The van der Waals surface area contributed by atoms with Crippen LogP contribution in [0.2, 0.25) is 0 Å². The molecule has 1 aromatic carbocycles. The van der Waals surface area contributed by atoms with Gasteiger partial charge in [-0.15, -0.1) is 0 Å². The van der Waals surface area contributed by atoms with Crippen LogP contribution in [0.15, 0.2) is 55.1 Å². The lowest BCUT2D eigenvalue weighted by Crippen LogP contribution is -2.29. The number of hydrogen-bond donors (Lipinski definition) is 1. The molecule has 0 spiro atoms. The Morgan fingerprint density at radius 2 is 1.88 bits per heavy atom. The molecule has 7 heteroatoms. The van der Waals surface area contributed by atoms with Gasteiger partial charge in [-0.1, -0.05) is 18.2 Å². The third-order valence-corrected chi connectivity index (χ3v) is 3.77. The third-order valence-electron chi connectivity index (χ3n) is 3.77. The fourth-order valence-corrected chi connectivity index (χ4v) is 2.37. The van der Waals surface area contributed by atoms with E-state index in [4.69, 9.17) is 0 Å². The average molecular weight is 336 g/mol. The van der Waals surface area contributed by atoms with Gasteiger partial charge in [-0.25, -0.2) is 9.97 Å². The molecule has 0 bridgehead atoms. The quantitative estimate of drug-likeness (QED) is 0.747. The minimum absolute atomic E-state index is 0.102. The van der Waals surface area contributed by atoms with Gasteiger partial charge < -0.3 is 10.2 Å². The first-order valence-corrected chi connectivity index (χ1v) is 7.99. The van der Waals surface area contributed by atoms with Crippen molar-refractivity contribution in [3.8, 4) is 0 Å². The fourth-order valence-electron chi connectivity index (χ4n) is 2.37. The lowest BCUT2D eigenvalue weighted by atomic mass is 10.2. The predicted molar refractivity (Wildman–Crippen MR) is 95.6 cm³/mol. The van der Waals surface area contributed by atoms with E-state index in [9.17, 15) is 4.79 Å². The van der Waals surface area contributed by atoms with Crippen LogP contribution in [-0.2, 0) is 13.5 Å². The van der Waals surface area contributed by atoms with Crippen LogP contribution in [0.1, 0.15) is 15.9 Å². The molecule has 2 aromatic heterocycles. The molecule has 0 saturated carbocycles. The van der Waals surface area contributed by atoms with Crippen molar-refractivity contribution in [1.82, 2.24) is 24.6 Å². The first-order chi connectivity index (χ1) is 12.1. The highest BCUT2D eigenvalue weighted by molar-refractivity contribution is 5.93. The number of nitrogens with one attached hydrogen (secondary N) is 1. The Labute approximate surface area is 146 Å². The summed E-state index contributed by atoms with van der Waals surface area (Å²) in [5.74, 6) is 0.357. The summed E-state index contributed by atoms with van der Waals surface area (Å²) in [6, 6.07) is 9.65. The van der Waals surface area contributed by atoms with Crippen LogP contribution in [0.4, 0.5) is 11.6 Å². The zero-order valence-electron chi connectivity index (χ0n) is 14.3. The molecule has 1 amide bonds. The second-order valence-electron chi connectivity index (χ2n) is 5.79. The molecule has 0 saturated heterocycles. The van der Waals surface area contributed by atoms with Crippen molar-refractivity contribution in [3.05, 3.63) is 66.2 Å². The minimum Gasteiger partial charge on any atom is -0.341 e. The molecule has 3 rings (SSSR count). The number of rotatable bonds is 6. The molecule has 128 valence electrons. The fraction of sp³-hybridized carbons (Fsp3) is 0.222. The molecule has 2 heterocycles. The molecule has 25 heavy (non-hydrogen) atoms. The monoisotopic (exact) mass is 336 g/mol. The van der Waals surface area contributed by atoms with Crippen LogP contribution in [-0.4, -0.2) is 44.1 Å². The highest BCUT2D eigenvalue weighted by Gasteiger charge is 2.13. The number of anilines is 2. The number of amides is 1. The number of nitrogens with zero attached hydrogens (tertiary/aromatic N) is 5. The maximum atomic E-state index is 12.4. The van der Waals surface area contributed by atoms with Crippen LogP contribution < -0.4 is 5.32 Å². The van der Waals surface area contributed by atoms with Crippen LogP contribution >= 0.6 is 0 Å². The highest BCUT2D eigenvalue weighted by Crippen LogP contribution is 2.12. The smallest absolute Gasteiger partial charge is 0.256 e. The van der Waals surface area contributed by atoms with E-state index < -0.39 is 0 Å². The van der Waals surface area contributed by atoms with Gasteiger partial charge in [-0.2, -0.15) is 5.10 Å². The molecule has 7 nitrogen and oxygen atoms in total. The van der Waals surface area contributed by atoms with E-state index in [1.807, 2.05) is 49.8 Å². The van der Waals surface area contributed by atoms with Crippen LogP contribution in [0, 0.1) is 0 Å². The predicted octanol–water partition coefficient (Wildman–Crippen LogP) is 2.27. The van der Waals surface area contributed by atoms with E-state index in [0.29, 0.717) is 18.1 Å². The van der Waals surface area contributed by atoms with E-state index in [-0.39, 0.29) is 5.91 Å². The number of hydrogen-bond acceptors (Lipinski definition) is 5. The van der Waals surface area contributed by atoms with E-state index in [1.165, 1.54) is 0 Å². The summed E-state index contributed by atoms with van der Waals surface area (Å²) in [4.78, 5) is 22.5. The molecule has 3 aromatic rings. The van der Waals surface area contributed by atoms with Gasteiger partial charge in [0.25, 0.3) is 5.91 Å². The van der Waals surface area contributed by atoms with Gasteiger partial charge in [0.2, 0.25) is 5.95 Å². The SMILES string of the molecule is CN(CCc1cnn(C)c1)C(=O)c1cnc(Nc2ccccc2)nc1. The minimum atomic E-state index is -0.102. The maximum Gasteiger partial charge on any atom is 0.256 e. The Morgan fingerprint density at radius 3 is 2.52 bits per heavy atom. The highest BCUT2D eigenvalue weighted by atomic mass is 16.2. The lowest BCUT2D eigenvalue weighted by Gasteiger charge is -2.16. The number of carbonyl (C=O) groups is 1. The van der Waals surface area contributed by atoms with Gasteiger partial charge in [0.05, 0.1) is 11.8 Å². The second kappa shape index (κ2) is 7.57. The largest absolute Gasteiger partial charge is 0.341 e. The van der Waals surface area contributed by atoms with Gasteiger partial charge in [0, 0.05) is 44.9 Å². The number of aromatic nitrogens is 4. The first kappa shape index (κ1) is 16.6. The third kappa shape index (κ3) is 4.41. The number of likely N-dealkylation sites (N-methyl/N-ethyl adjacent to an activating group) is 1. The Morgan fingerprint density at radius 1 is 1.16 bits per heavy atom. The van der Waals surface area contributed by atoms with Crippen LogP contribution in [0.3, 0.4) is 0 Å². The molecule has 0 unspecified atom stereocenters. The number of carbonyl (C=O) groups excluding carboxylic acids is 1. The topological polar surface area (TPSA) is 75.9 Å². The summed E-state index contributed by atoms with van der Waals surface area (Å²) in [5.41, 5.74) is 2.46. The van der Waals surface area contributed by atoms with Crippen molar-refractivity contribution in [3.63, 3.8) is 0 Å². The van der Waals surface area contributed by atoms with Crippen molar-refractivity contribution in [2.24, 2.45) is 7.05 Å². The van der Waals surface area contributed by atoms with Crippen LogP contribution in [0.25, 0.3) is 0 Å². The molecule has 0 aliphatic heterocycles. The zero-order valence-corrected chi connectivity index (χ0v) is 14.3. The van der Waals surface area contributed by atoms with Crippen molar-refractivity contribution in [2.45, 2.75) is 6.42 Å². The Bertz CT molecular complexity index is 828. The maximum absolute atomic E-state index is 12.4. The summed E-state index contributed by atoms with van der Waals surface area (Å²) < 4.78 is 1.75. The normalized spacial score (nSPS) is 10.5. The standard InChI is InChI=1S/C18H20N6O/c1-23(9-8-14-10-21-24(2)13-14)17(25)15-11-19-18(20-12-15)22-16-6-4-3-5-7-16/h3-7,10-13H,8-9H2,1-2H3,(H,19,20,22). The first-order valence-electron chi connectivity index (χ1n) is 7.99. The summed E-state index contributed by atoms with van der Waals surface area (Å²) >= 11 is 0. The Balaban J connectivity index is 1.58. The zero-order chi connectivity index (χ0) is 17.6. The molecular weight excluding hydrogens is 316 g/mol. The number of para-hydroxylation sites is 1. The van der Waals surface area contributed by atoms with Crippen molar-refractivity contribution >= 4 is 17.5 Å². The summed E-state index contributed by atoms with van der Waals surface area (Å²) in [6.45, 7) is 0.606. The van der Waals surface area contributed by atoms with E-state index in [2.05, 4.69) is 20.4 Å². The summed E-state index contributed by atoms with van der Waals surface area (Å²) in [6.07, 6.45) is 7.60. The van der Waals surface area contributed by atoms with E-state index in [0.717, 1.165) is 17.7 Å². The van der Waals surface area contributed by atoms with Gasteiger partial charge >= 0.3 is 0 Å². The van der Waals surface area contributed by atoms with Crippen molar-refractivity contribution in [1.29, 1.82) is 0 Å². The number of aryl methyl sites for hydroxylation is 1. The van der Waals surface area contributed by atoms with Gasteiger partial charge in [0.15, 0.2) is 0 Å². The Hall–Kier alpha value is -3.22.